The molecule has 0 aliphatic rings. The molecule has 19 heavy (non-hydrogen) atoms. The van der Waals surface area contributed by atoms with Crippen LogP contribution in [0.2, 0.25) is 0 Å². The van der Waals surface area contributed by atoms with Crippen molar-refractivity contribution in [1.29, 1.82) is 0 Å². The molecule has 2 N–H and O–H groups in total. The van der Waals surface area contributed by atoms with Gasteiger partial charge in [-0.15, -0.1) is 0 Å². The minimum absolute atomic E-state index is 0.201. The van der Waals surface area contributed by atoms with Crippen LogP contribution in [-0.4, -0.2) is 36.5 Å². The lowest BCUT2D eigenvalue weighted by Gasteiger charge is -2.26. The summed E-state index contributed by atoms with van der Waals surface area (Å²) in [5, 5.41) is 0. The van der Waals surface area contributed by atoms with Gasteiger partial charge < -0.3 is 10.6 Å². The molecule has 0 aliphatic heterocycles. The Bertz CT molecular complexity index is 373. The highest BCUT2D eigenvalue weighted by Crippen LogP contribution is 2.18. The first kappa shape index (κ1) is 16.5. The van der Waals surface area contributed by atoms with Crippen LogP contribution in [0, 0.1) is 5.82 Å². The van der Waals surface area contributed by atoms with Gasteiger partial charge >= 0.3 is 0 Å². The van der Waals surface area contributed by atoms with Crippen molar-refractivity contribution < 1.29 is 4.39 Å². The number of benzene rings is 1. The Kier molecular flexibility index (Phi) is 7.42. The van der Waals surface area contributed by atoms with Crippen molar-refractivity contribution in [3.8, 4) is 0 Å². The molecule has 0 saturated heterocycles. The molecule has 4 heteroatoms. The Balaban J connectivity index is 2.41. The molecular weight excluding hydrogens is 259 g/mol. The zero-order valence-electron chi connectivity index (χ0n) is 12.1. The summed E-state index contributed by atoms with van der Waals surface area (Å²) >= 11 is 1.87. The van der Waals surface area contributed by atoms with Gasteiger partial charge in [0, 0.05) is 17.6 Å². The molecule has 1 rings (SSSR count). The van der Waals surface area contributed by atoms with Gasteiger partial charge in [-0.1, -0.05) is 18.2 Å². The average molecular weight is 284 g/mol. The molecule has 0 heterocycles. The molecule has 108 valence electrons. The average Bonchev–Trinajstić information content (AvgIpc) is 2.42. The topological polar surface area (TPSA) is 29.3 Å². The van der Waals surface area contributed by atoms with Crippen molar-refractivity contribution in [3.63, 3.8) is 0 Å². The van der Waals surface area contributed by atoms with E-state index < -0.39 is 0 Å². The summed E-state index contributed by atoms with van der Waals surface area (Å²) in [4.78, 5) is 2.30. The fraction of sp³-hybridized carbons (Fsp3) is 0.600. The second kappa shape index (κ2) is 8.56. The Labute approximate surface area is 120 Å². The van der Waals surface area contributed by atoms with E-state index in [0.717, 1.165) is 13.0 Å². The normalized spacial score (nSPS) is 14.6. The van der Waals surface area contributed by atoms with Crippen LogP contribution in [0.15, 0.2) is 24.3 Å². The van der Waals surface area contributed by atoms with Crippen LogP contribution in [0.4, 0.5) is 4.39 Å². The summed E-state index contributed by atoms with van der Waals surface area (Å²) in [6, 6.07) is 7.10. The summed E-state index contributed by atoms with van der Waals surface area (Å²) < 4.78 is 13.6. The summed E-state index contributed by atoms with van der Waals surface area (Å²) in [5.41, 5.74) is 6.69. The Morgan fingerprint density at radius 1 is 1.32 bits per heavy atom. The van der Waals surface area contributed by atoms with E-state index in [1.165, 1.54) is 18.2 Å². The van der Waals surface area contributed by atoms with E-state index in [1.807, 2.05) is 17.8 Å². The van der Waals surface area contributed by atoms with Crippen LogP contribution in [-0.2, 0) is 0 Å². The van der Waals surface area contributed by atoms with Gasteiger partial charge in [0.2, 0.25) is 0 Å². The largest absolute Gasteiger partial charge is 0.324 e. The van der Waals surface area contributed by atoms with Gasteiger partial charge in [0.05, 0.1) is 0 Å². The maximum absolute atomic E-state index is 13.6. The first-order valence-corrected chi connectivity index (χ1v) is 8.14. The van der Waals surface area contributed by atoms with Crippen molar-refractivity contribution >= 4 is 11.8 Å². The Morgan fingerprint density at radius 2 is 2.00 bits per heavy atom. The predicted molar refractivity (Wildman–Crippen MR) is 83.0 cm³/mol. The first-order valence-electron chi connectivity index (χ1n) is 6.75. The Morgan fingerprint density at radius 3 is 2.63 bits per heavy atom. The lowest BCUT2D eigenvalue weighted by atomic mass is 10.0. The maximum Gasteiger partial charge on any atom is 0.127 e. The molecule has 0 radical (unpaired) electrons. The third-order valence-corrected chi connectivity index (χ3v) is 4.23. The summed E-state index contributed by atoms with van der Waals surface area (Å²) in [6.45, 7) is 3.12. The number of halogens is 1. The van der Waals surface area contributed by atoms with Gasteiger partial charge in [0.1, 0.15) is 5.82 Å². The van der Waals surface area contributed by atoms with Crippen molar-refractivity contribution in [2.24, 2.45) is 5.73 Å². The highest BCUT2D eigenvalue weighted by Gasteiger charge is 2.14. The Hall–Kier alpha value is -0.580. The number of hydrogen-bond donors (Lipinski definition) is 1. The SMILES string of the molecule is CSCCC(C)N(C)CCC(N)c1ccccc1F. The zero-order valence-corrected chi connectivity index (χ0v) is 12.9. The molecule has 2 nitrogen and oxygen atoms in total. The molecule has 0 fully saturated rings. The lowest BCUT2D eigenvalue weighted by Crippen LogP contribution is -2.32. The third kappa shape index (κ3) is 5.51. The molecule has 0 bridgehead atoms. The molecule has 2 unspecified atom stereocenters. The summed E-state index contributed by atoms with van der Waals surface area (Å²) in [7, 11) is 2.11. The highest BCUT2D eigenvalue weighted by atomic mass is 32.2. The van der Waals surface area contributed by atoms with Crippen LogP contribution in [0.5, 0.6) is 0 Å². The van der Waals surface area contributed by atoms with E-state index in [1.54, 1.807) is 12.1 Å². The van der Waals surface area contributed by atoms with Crippen molar-refractivity contribution in [2.75, 3.05) is 25.6 Å². The van der Waals surface area contributed by atoms with E-state index in [-0.39, 0.29) is 11.9 Å². The first-order chi connectivity index (χ1) is 9.06. The summed E-state index contributed by atoms with van der Waals surface area (Å²) in [5.74, 6) is 0.971. The van der Waals surface area contributed by atoms with E-state index >= 15 is 0 Å². The molecule has 0 aliphatic carbocycles. The highest BCUT2D eigenvalue weighted by molar-refractivity contribution is 7.98. The maximum atomic E-state index is 13.6. The van der Waals surface area contributed by atoms with E-state index in [9.17, 15) is 4.39 Å². The summed E-state index contributed by atoms with van der Waals surface area (Å²) in [6.07, 6.45) is 4.08. The molecule has 1 aromatic rings. The fourth-order valence-electron chi connectivity index (χ4n) is 2.00. The smallest absolute Gasteiger partial charge is 0.127 e. The minimum atomic E-state index is -0.226. The van der Waals surface area contributed by atoms with E-state index in [2.05, 4.69) is 25.1 Å². The minimum Gasteiger partial charge on any atom is -0.324 e. The van der Waals surface area contributed by atoms with Gasteiger partial charge in [0.25, 0.3) is 0 Å². The number of nitrogens with two attached hydrogens (primary N) is 1. The van der Waals surface area contributed by atoms with Crippen molar-refractivity contribution in [2.45, 2.75) is 31.8 Å². The number of thioether (sulfide) groups is 1. The fourth-order valence-corrected chi connectivity index (χ4v) is 2.58. The molecule has 1 aromatic carbocycles. The predicted octanol–water partition coefficient (Wildman–Crippen LogP) is 3.29. The van der Waals surface area contributed by atoms with Crippen LogP contribution < -0.4 is 5.73 Å². The van der Waals surface area contributed by atoms with Gasteiger partial charge in [-0.3, -0.25) is 0 Å². The molecular formula is C15H25FN2S. The van der Waals surface area contributed by atoms with Crippen LogP contribution >= 0.6 is 11.8 Å². The second-order valence-electron chi connectivity index (χ2n) is 5.03. The van der Waals surface area contributed by atoms with Gasteiger partial charge in [-0.05, 0) is 51.4 Å². The molecule has 0 aromatic heterocycles. The monoisotopic (exact) mass is 284 g/mol. The zero-order chi connectivity index (χ0) is 14.3. The van der Waals surface area contributed by atoms with Crippen LogP contribution in [0.1, 0.15) is 31.4 Å². The van der Waals surface area contributed by atoms with Gasteiger partial charge in [-0.2, -0.15) is 11.8 Å². The number of hydrogen-bond acceptors (Lipinski definition) is 3. The quantitative estimate of drug-likeness (QED) is 0.794. The molecule has 0 spiro atoms. The van der Waals surface area contributed by atoms with Gasteiger partial charge in [-0.25, -0.2) is 4.39 Å². The van der Waals surface area contributed by atoms with Crippen LogP contribution in [0.25, 0.3) is 0 Å². The van der Waals surface area contributed by atoms with E-state index in [4.69, 9.17) is 5.73 Å². The standard InChI is InChI=1S/C15H25FN2S/c1-12(9-11-19-3)18(2)10-8-15(17)13-6-4-5-7-14(13)16/h4-7,12,15H,8-11,17H2,1-3H3. The van der Waals surface area contributed by atoms with Crippen molar-refractivity contribution in [1.82, 2.24) is 4.90 Å². The lowest BCUT2D eigenvalue weighted by molar-refractivity contribution is 0.243. The molecule has 0 amide bonds. The van der Waals surface area contributed by atoms with E-state index in [0.29, 0.717) is 11.6 Å². The molecule has 2 atom stereocenters. The molecule has 0 saturated carbocycles. The number of rotatable bonds is 8. The van der Waals surface area contributed by atoms with Gasteiger partial charge in [0.15, 0.2) is 0 Å². The second-order valence-corrected chi connectivity index (χ2v) is 6.01. The number of nitrogens with zero attached hydrogens (tertiary/aromatic N) is 1. The van der Waals surface area contributed by atoms with Crippen LogP contribution in [0.3, 0.4) is 0 Å². The third-order valence-electron chi connectivity index (χ3n) is 3.59. The van der Waals surface area contributed by atoms with Crippen molar-refractivity contribution in [3.05, 3.63) is 35.6 Å².